The van der Waals surface area contributed by atoms with Crippen LogP contribution in [-0.2, 0) is 4.79 Å². The first kappa shape index (κ1) is 16.4. The maximum Gasteiger partial charge on any atom is 0.284 e. The molecule has 0 aliphatic carbocycles. The van der Waals surface area contributed by atoms with E-state index in [4.69, 9.17) is 9.47 Å². The van der Waals surface area contributed by atoms with Gasteiger partial charge in [0.2, 0.25) is 6.10 Å². The highest BCUT2D eigenvalue weighted by Gasteiger charge is 2.27. The third-order valence-electron chi connectivity index (χ3n) is 3.61. The Morgan fingerprint density at radius 2 is 2.00 bits per heavy atom. The number of rotatable bonds is 4. The molecule has 8 heteroatoms. The molecule has 1 amide bonds. The fourth-order valence-corrected chi connectivity index (χ4v) is 2.27. The number of nitro groups is 1. The Bertz CT molecular complexity index is 850. The van der Waals surface area contributed by atoms with Crippen molar-refractivity contribution >= 4 is 17.3 Å². The van der Waals surface area contributed by atoms with Crippen LogP contribution >= 0.6 is 0 Å². The first-order chi connectivity index (χ1) is 12.0. The standard InChI is InChI=1S/C17H15N3O5/c1-11(12-5-4-6-13(9-12)20(22)23)18-19-17(21)16-10-24-14-7-2-3-8-15(14)25-16/h2-9,16H,10H2,1H3,(H,19,21). The van der Waals surface area contributed by atoms with Crippen LogP contribution in [0.2, 0.25) is 0 Å². The van der Waals surface area contributed by atoms with Gasteiger partial charge >= 0.3 is 0 Å². The van der Waals surface area contributed by atoms with E-state index in [0.717, 1.165) is 0 Å². The number of hydrogen-bond donors (Lipinski definition) is 1. The second-order valence-corrected chi connectivity index (χ2v) is 5.34. The van der Waals surface area contributed by atoms with E-state index in [9.17, 15) is 14.9 Å². The number of hydrogen-bond acceptors (Lipinski definition) is 6. The van der Waals surface area contributed by atoms with E-state index >= 15 is 0 Å². The van der Waals surface area contributed by atoms with Crippen molar-refractivity contribution in [3.8, 4) is 11.5 Å². The third-order valence-corrected chi connectivity index (χ3v) is 3.61. The van der Waals surface area contributed by atoms with Gasteiger partial charge in [-0.05, 0) is 19.1 Å². The summed E-state index contributed by atoms with van der Waals surface area (Å²) in [4.78, 5) is 22.5. The van der Waals surface area contributed by atoms with Crippen LogP contribution in [0.4, 0.5) is 5.69 Å². The zero-order chi connectivity index (χ0) is 17.8. The fraction of sp³-hybridized carbons (Fsp3) is 0.176. The molecule has 0 fully saturated rings. The summed E-state index contributed by atoms with van der Waals surface area (Å²) in [5, 5.41) is 14.8. The predicted octanol–water partition coefficient (Wildman–Crippen LogP) is 2.28. The van der Waals surface area contributed by atoms with Gasteiger partial charge in [-0.2, -0.15) is 5.10 Å². The molecule has 0 bridgehead atoms. The number of hydrazone groups is 1. The number of non-ortho nitro benzene ring substituents is 1. The summed E-state index contributed by atoms with van der Waals surface area (Å²) in [6.45, 7) is 1.72. The highest BCUT2D eigenvalue weighted by molar-refractivity contribution is 5.99. The molecule has 3 rings (SSSR count). The number of benzene rings is 2. The molecule has 1 N–H and O–H groups in total. The van der Waals surface area contributed by atoms with Crippen molar-refractivity contribution in [3.63, 3.8) is 0 Å². The molecule has 0 saturated heterocycles. The highest BCUT2D eigenvalue weighted by Crippen LogP contribution is 2.30. The second-order valence-electron chi connectivity index (χ2n) is 5.34. The zero-order valence-electron chi connectivity index (χ0n) is 13.3. The van der Waals surface area contributed by atoms with Gasteiger partial charge in [-0.25, -0.2) is 5.43 Å². The fourth-order valence-electron chi connectivity index (χ4n) is 2.27. The van der Waals surface area contributed by atoms with Crippen LogP contribution in [0.25, 0.3) is 0 Å². The molecule has 1 unspecified atom stereocenters. The quantitative estimate of drug-likeness (QED) is 0.522. The molecule has 0 spiro atoms. The zero-order valence-corrected chi connectivity index (χ0v) is 13.3. The van der Waals surface area contributed by atoms with E-state index in [-0.39, 0.29) is 12.3 Å². The first-order valence-electron chi connectivity index (χ1n) is 7.52. The SMILES string of the molecule is CC(=NNC(=O)C1COc2ccccc2O1)c1cccc([N+](=O)[O-])c1. The maximum atomic E-state index is 12.2. The molecule has 1 atom stereocenters. The Morgan fingerprint density at radius 3 is 2.76 bits per heavy atom. The van der Waals surface area contributed by atoms with E-state index in [2.05, 4.69) is 10.5 Å². The van der Waals surface area contributed by atoms with E-state index in [0.29, 0.717) is 22.8 Å². The lowest BCUT2D eigenvalue weighted by Gasteiger charge is -2.24. The summed E-state index contributed by atoms with van der Waals surface area (Å²) in [6, 6.07) is 13.1. The second kappa shape index (κ2) is 7.00. The Kier molecular flexibility index (Phi) is 4.60. The molecule has 2 aromatic carbocycles. The topological polar surface area (TPSA) is 103 Å². The smallest absolute Gasteiger partial charge is 0.284 e. The van der Waals surface area contributed by atoms with Crippen molar-refractivity contribution in [2.75, 3.05) is 6.61 Å². The minimum absolute atomic E-state index is 0.0426. The van der Waals surface area contributed by atoms with Crippen LogP contribution in [0.1, 0.15) is 12.5 Å². The van der Waals surface area contributed by atoms with E-state index in [1.807, 2.05) is 6.07 Å². The molecule has 1 aliphatic heterocycles. The minimum atomic E-state index is -0.823. The summed E-state index contributed by atoms with van der Waals surface area (Å²) >= 11 is 0. The summed E-state index contributed by atoms with van der Waals surface area (Å²) in [7, 11) is 0. The lowest BCUT2D eigenvalue weighted by atomic mass is 10.1. The lowest BCUT2D eigenvalue weighted by Crippen LogP contribution is -2.42. The lowest BCUT2D eigenvalue weighted by molar-refractivity contribution is -0.384. The maximum absolute atomic E-state index is 12.2. The third kappa shape index (κ3) is 3.74. The van der Waals surface area contributed by atoms with Gasteiger partial charge in [0.1, 0.15) is 6.61 Å². The number of nitrogens with one attached hydrogen (secondary N) is 1. The highest BCUT2D eigenvalue weighted by atomic mass is 16.6. The molecular weight excluding hydrogens is 326 g/mol. The van der Waals surface area contributed by atoms with Gasteiger partial charge in [-0.15, -0.1) is 0 Å². The van der Waals surface area contributed by atoms with Crippen molar-refractivity contribution in [3.05, 3.63) is 64.2 Å². The monoisotopic (exact) mass is 341 g/mol. The number of para-hydroxylation sites is 2. The van der Waals surface area contributed by atoms with Gasteiger partial charge in [0.05, 0.1) is 10.6 Å². The van der Waals surface area contributed by atoms with E-state index in [1.54, 1.807) is 37.3 Å². The molecule has 0 aromatic heterocycles. The van der Waals surface area contributed by atoms with Crippen molar-refractivity contribution in [2.45, 2.75) is 13.0 Å². The van der Waals surface area contributed by atoms with Crippen molar-refractivity contribution in [1.29, 1.82) is 0 Å². The Morgan fingerprint density at radius 1 is 1.24 bits per heavy atom. The van der Waals surface area contributed by atoms with Gasteiger partial charge < -0.3 is 9.47 Å². The average Bonchev–Trinajstić information content (AvgIpc) is 2.65. The molecule has 0 saturated carbocycles. The van der Waals surface area contributed by atoms with Gasteiger partial charge in [-0.3, -0.25) is 14.9 Å². The largest absolute Gasteiger partial charge is 0.485 e. The van der Waals surface area contributed by atoms with Crippen LogP contribution in [0, 0.1) is 10.1 Å². The van der Waals surface area contributed by atoms with Gasteiger partial charge in [-0.1, -0.05) is 24.3 Å². The number of ether oxygens (including phenoxy) is 2. The predicted molar refractivity (Wildman–Crippen MR) is 89.8 cm³/mol. The van der Waals surface area contributed by atoms with Crippen LogP contribution < -0.4 is 14.9 Å². The van der Waals surface area contributed by atoms with Crippen molar-refractivity contribution in [1.82, 2.24) is 5.43 Å². The molecule has 1 heterocycles. The summed E-state index contributed by atoms with van der Waals surface area (Å²) < 4.78 is 11.1. The molecule has 25 heavy (non-hydrogen) atoms. The molecular formula is C17H15N3O5. The molecule has 0 radical (unpaired) electrons. The molecule has 1 aliphatic rings. The molecule has 8 nitrogen and oxygen atoms in total. The Hall–Kier alpha value is -3.42. The van der Waals surface area contributed by atoms with Crippen LogP contribution in [0.15, 0.2) is 53.6 Å². The molecule has 128 valence electrons. The number of carbonyl (C=O) groups is 1. The number of carbonyl (C=O) groups excluding carboxylic acids is 1. The number of nitrogens with zero attached hydrogens (tertiary/aromatic N) is 2. The normalized spacial score (nSPS) is 16.2. The van der Waals surface area contributed by atoms with Gasteiger partial charge in [0, 0.05) is 17.7 Å². The van der Waals surface area contributed by atoms with Gasteiger partial charge in [0.15, 0.2) is 11.5 Å². The van der Waals surface area contributed by atoms with E-state index < -0.39 is 16.9 Å². The summed E-state index contributed by atoms with van der Waals surface area (Å²) in [5.74, 6) is 0.621. The average molecular weight is 341 g/mol. The molecule has 2 aromatic rings. The summed E-state index contributed by atoms with van der Waals surface area (Å²) in [6.07, 6.45) is -0.823. The van der Waals surface area contributed by atoms with Crippen LogP contribution in [0.5, 0.6) is 11.5 Å². The number of nitro benzene ring substituents is 1. The van der Waals surface area contributed by atoms with Gasteiger partial charge in [0.25, 0.3) is 11.6 Å². The Balaban J connectivity index is 1.66. The minimum Gasteiger partial charge on any atom is -0.485 e. The van der Waals surface area contributed by atoms with Crippen molar-refractivity contribution in [2.24, 2.45) is 5.10 Å². The summed E-state index contributed by atoms with van der Waals surface area (Å²) in [5.41, 5.74) is 3.34. The Labute approximate surface area is 143 Å². The first-order valence-corrected chi connectivity index (χ1v) is 7.52. The number of fused-ring (bicyclic) bond motifs is 1. The number of amides is 1. The van der Waals surface area contributed by atoms with E-state index in [1.165, 1.54) is 12.1 Å². The van der Waals surface area contributed by atoms with Crippen LogP contribution in [-0.4, -0.2) is 29.3 Å². The van der Waals surface area contributed by atoms with Crippen LogP contribution in [0.3, 0.4) is 0 Å². The van der Waals surface area contributed by atoms with Crippen molar-refractivity contribution < 1.29 is 19.2 Å².